The van der Waals surface area contributed by atoms with Crippen molar-refractivity contribution in [2.75, 3.05) is 0 Å². The van der Waals surface area contributed by atoms with Crippen LogP contribution in [0.5, 0.6) is 11.5 Å². The third-order valence-electron chi connectivity index (χ3n) is 7.20. The molecule has 4 aromatic rings. The lowest BCUT2D eigenvalue weighted by atomic mass is 10.2. The minimum absolute atomic E-state index is 0.0431. The molecule has 0 radical (unpaired) electrons. The van der Waals surface area contributed by atoms with Crippen LogP contribution in [0.2, 0.25) is 0 Å². The number of benzene rings is 1. The van der Waals surface area contributed by atoms with Gasteiger partial charge in [0.05, 0.1) is 68.3 Å². The summed E-state index contributed by atoms with van der Waals surface area (Å²) >= 11 is 0. The zero-order valence-corrected chi connectivity index (χ0v) is 26.3. The number of hydrogen-bond donors (Lipinski definition) is 0. The molecule has 224 valence electrons. The molecule has 3 heterocycles. The molecule has 0 atom stereocenters. The Balaban J connectivity index is 1.52. The Morgan fingerprint density at radius 1 is 0.558 bits per heavy atom. The van der Waals surface area contributed by atoms with Crippen LogP contribution in [0, 0.1) is 62.3 Å². The number of esters is 1. The van der Waals surface area contributed by atoms with E-state index in [1.165, 1.54) is 6.08 Å². The Morgan fingerprint density at radius 3 is 1.47 bits per heavy atom. The van der Waals surface area contributed by atoms with Gasteiger partial charge in [0.2, 0.25) is 0 Å². The number of aromatic nitrogens is 6. The maximum absolute atomic E-state index is 12.5. The molecule has 0 saturated heterocycles. The summed E-state index contributed by atoms with van der Waals surface area (Å²) < 4.78 is 17.8. The molecule has 0 saturated carbocycles. The zero-order chi connectivity index (χ0) is 31.3. The summed E-state index contributed by atoms with van der Waals surface area (Å²) in [5.41, 5.74) is 10.3. The molecule has 10 nitrogen and oxygen atoms in total. The van der Waals surface area contributed by atoms with Crippen molar-refractivity contribution in [2.24, 2.45) is 0 Å². The molecule has 1 aromatic carbocycles. The summed E-state index contributed by atoms with van der Waals surface area (Å²) in [5.74, 6) is 0.523. The topological polar surface area (TPSA) is 122 Å². The van der Waals surface area contributed by atoms with E-state index in [9.17, 15) is 4.79 Å². The third-order valence-corrected chi connectivity index (χ3v) is 7.20. The summed E-state index contributed by atoms with van der Waals surface area (Å²) in [6.07, 6.45) is 3.04. The minimum Gasteiger partial charge on any atom is -0.483 e. The fourth-order valence-electron chi connectivity index (χ4n) is 4.20. The van der Waals surface area contributed by atoms with Gasteiger partial charge in [-0.3, -0.25) is 29.9 Å². The molecule has 0 amide bonds. The Labute approximate surface area is 252 Å². The van der Waals surface area contributed by atoms with Crippen molar-refractivity contribution in [3.8, 4) is 11.5 Å². The second kappa shape index (κ2) is 13.5. The van der Waals surface area contributed by atoms with Gasteiger partial charge in [-0.25, -0.2) is 4.79 Å². The second-order valence-electron chi connectivity index (χ2n) is 10.5. The van der Waals surface area contributed by atoms with E-state index in [0.717, 1.165) is 68.2 Å². The van der Waals surface area contributed by atoms with Crippen molar-refractivity contribution >= 4 is 12.0 Å². The standard InChI is InChI=1S/C33H38N6O4/c1-18-21(4)37-28(24(7)34-18)15-41-31-12-10-27(14-32(31)42-16-29-25(8)35-19(2)22(5)38-29)11-13-33(40)43-17-30-26(9)36-20(3)23(6)39-30/h10-14H,15-17H2,1-9H3. The average molecular weight is 583 g/mol. The van der Waals surface area contributed by atoms with E-state index >= 15 is 0 Å². The largest absolute Gasteiger partial charge is 0.483 e. The number of carbonyl (C=O) groups is 1. The van der Waals surface area contributed by atoms with Crippen LogP contribution in [0.1, 0.15) is 73.9 Å². The number of ether oxygens (including phenoxy) is 3. The Kier molecular flexibility index (Phi) is 9.80. The molecule has 10 heteroatoms. The summed E-state index contributed by atoms with van der Waals surface area (Å²) in [5, 5.41) is 0. The molecular formula is C33H38N6O4. The Morgan fingerprint density at radius 2 is 0.977 bits per heavy atom. The Hall–Kier alpha value is -4.73. The number of carbonyl (C=O) groups excluding carboxylic acids is 1. The smallest absolute Gasteiger partial charge is 0.331 e. The highest BCUT2D eigenvalue weighted by molar-refractivity contribution is 5.87. The number of aryl methyl sites for hydroxylation is 9. The van der Waals surface area contributed by atoms with Crippen LogP contribution in [0.3, 0.4) is 0 Å². The summed E-state index contributed by atoms with van der Waals surface area (Å²) in [6.45, 7) is 17.6. The van der Waals surface area contributed by atoms with Gasteiger partial charge in [-0.05, 0) is 86.1 Å². The lowest BCUT2D eigenvalue weighted by Crippen LogP contribution is -2.09. The van der Waals surface area contributed by atoms with E-state index in [4.69, 9.17) is 14.2 Å². The van der Waals surface area contributed by atoms with E-state index in [0.29, 0.717) is 17.2 Å². The van der Waals surface area contributed by atoms with Crippen LogP contribution < -0.4 is 9.47 Å². The first-order chi connectivity index (χ1) is 20.4. The maximum atomic E-state index is 12.5. The molecule has 0 N–H and O–H groups in total. The van der Waals surface area contributed by atoms with Gasteiger partial charge in [0.25, 0.3) is 0 Å². The highest BCUT2D eigenvalue weighted by Crippen LogP contribution is 2.31. The molecule has 0 spiro atoms. The van der Waals surface area contributed by atoms with Gasteiger partial charge in [0.1, 0.15) is 19.8 Å². The van der Waals surface area contributed by atoms with Crippen molar-refractivity contribution in [3.05, 3.63) is 98.2 Å². The van der Waals surface area contributed by atoms with Crippen LogP contribution in [0.4, 0.5) is 0 Å². The van der Waals surface area contributed by atoms with Crippen LogP contribution in [-0.2, 0) is 29.4 Å². The third kappa shape index (κ3) is 7.97. The zero-order valence-electron chi connectivity index (χ0n) is 26.3. The molecule has 3 aromatic heterocycles. The molecule has 0 aliphatic heterocycles. The highest BCUT2D eigenvalue weighted by atomic mass is 16.5. The highest BCUT2D eigenvalue weighted by Gasteiger charge is 2.13. The molecule has 0 bridgehead atoms. The number of hydrogen-bond acceptors (Lipinski definition) is 10. The van der Waals surface area contributed by atoms with Crippen LogP contribution in [-0.4, -0.2) is 35.9 Å². The van der Waals surface area contributed by atoms with E-state index in [1.54, 1.807) is 18.2 Å². The van der Waals surface area contributed by atoms with Crippen LogP contribution in [0.25, 0.3) is 6.08 Å². The summed E-state index contributed by atoms with van der Waals surface area (Å²) in [7, 11) is 0. The number of rotatable bonds is 10. The first kappa shape index (κ1) is 31.2. The van der Waals surface area contributed by atoms with Crippen molar-refractivity contribution in [3.63, 3.8) is 0 Å². The molecule has 0 unspecified atom stereocenters. The van der Waals surface area contributed by atoms with Gasteiger partial charge in [-0.1, -0.05) is 6.07 Å². The molecule has 0 aliphatic rings. The van der Waals surface area contributed by atoms with Crippen molar-refractivity contribution < 1.29 is 19.0 Å². The van der Waals surface area contributed by atoms with E-state index < -0.39 is 5.97 Å². The predicted molar refractivity (Wildman–Crippen MR) is 163 cm³/mol. The average Bonchev–Trinajstić information content (AvgIpc) is 2.96. The van der Waals surface area contributed by atoms with Gasteiger partial charge in [0, 0.05) is 6.08 Å². The SMILES string of the molecule is Cc1nc(C)c(COC(=O)C=Cc2ccc(OCc3nc(C)c(C)nc3C)c(OCc3nc(C)c(C)nc3C)c2)nc1C. The van der Waals surface area contributed by atoms with Gasteiger partial charge in [-0.2, -0.15) is 0 Å². The van der Waals surface area contributed by atoms with E-state index in [-0.39, 0.29) is 19.8 Å². The predicted octanol–water partition coefficient (Wildman–Crippen LogP) is 5.75. The fraction of sp³-hybridized carbons (Fsp3) is 0.364. The van der Waals surface area contributed by atoms with Gasteiger partial charge >= 0.3 is 5.97 Å². The summed E-state index contributed by atoms with van der Waals surface area (Å²) in [4.78, 5) is 39.9. The van der Waals surface area contributed by atoms with Crippen molar-refractivity contribution in [2.45, 2.75) is 82.1 Å². The molecule has 0 fully saturated rings. The fourth-order valence-corrected chi connectivity index (χ4v) is 4.20. The molecular weight excluding hydrogens is 544 g/mol. The molecule has 43 heavy (non-hydrogen) atoms. The van der Waals surface area contributed by atoms with Crippen molar-refractivity contribution in [1.82, 2.24) is 29.9 Å². The van der Waals surface area contributed by atoms with Gasteiger partial charge < -0.3 is 14.2 Å². The lowest BCUT2D eigenvalue weighted by Gasteiger charge is -2.15. The molecule has 0 aliphatic carbocycles. The minimum atomic E-state index is -0.493. The second-order valence-corrected chi connectivity index (χ2v) is 10.5. The van der Waals surface area contributed by atoms with Crippen LogP contribution >= 0.6 is 0 Å². The van der Waals surface area contributed by atoms with E-state index in [2.05, 4.69) is 29.9 Å². The molecule has 4 rings (SSSR count). The first-order valence-electron chi connectivity index (χ1n) is 14.1. The monoisotopic (exact) mass is 582 g/mol. The lowest BCUT2D eigenvalue weighted by molar-refractivity contribution is -0.139. The first-order valence-corrected chi connectivity index (χ1v) is 14.1. The van der Waals surface area contributed by atoms with E-state index in [1.807, 2.05) is 68.4 Å². The number of nitrogens with zero attached hydrogens (tertiary/aromatic N) is 6. The normalized spacial score (nSPS) is 11.2. The van der Waals surface area contributed by atoms with Gasteiger partial charge in [-0.15, -0.1) is 0 Å². The van der Waals surface area contributed by atoms with Crippen LogP contribution in [0.15, 0.2) is 24.3 Å². The maximum Gasteiger partial charge on any atom is 0.331 e. The Bertz CT molecular complexity index is 1700. The van der Waals surface area contributed by atoms with Crippen molar-refractivity contribution in [1.29, 1.82) is 0 Å². The quantitative estimate of drug-likeness (QED) is 0.169. The summed E-state index contributed by atoms with van der Waals surface area (Å²) in [6, 6.07) is 5.45. The van der Waals surface area contributed by atoms with Gasteiger partial charge in [0.15, 0.2) is 11.5 Å².